The summed E-state index contributed by atoms with van der Waals surface area (Å²) in [5.41, 5.74) is 8.53. The molecule has 4 N–H and O–H groups in total. The van der Waals surface area contributed by atoms with Crippen molar-refractivity contribution in [3.8, 4) is 5.75 Å². The summed E-state index contributed by atoms with van der Waals surface area (Å²) >= 11 is 0. The Morgan fingerprint density at radius 2 is 1.95 bits per heavy atom. The highest BCUT2D eigenvalue weighted by atomic mass is 16.5. The zero-order chi connectivity index (χ0) is 14.8. The second kappa shape index (κ2) is 5.20. The van der Waals surface area contributed by atoms with Gasteiger partial charge in [-0.05, 0) is 42.5 Å². The number of nitrogen functional groups attached to an aromatic ring is 1. The summed E-state index contributed by atoms with van der Waals surface area (Å²) in [5.74, 6) is 0.576. The maximum absolute atomic E-state index is 12.3. The largest absolute Gasteiger partial charge is 0.497 e. The first-order chi connectivity index (χ1) is 10.2. The van der Waals surface area contributed by atoms with Gasteiger partial charge in [0.25, 0.3) is 5.91 Å². The number of methoxy groups -OCH3 is 1. The summed E-state index contributed by atoms with van der Waals surface area (Å²) in [6.45, 7) is 0. The molecule has 0 fully saturated rings. The zero-order valence-corrected chi connectivity index (χ0v) is 11.5. The van der Waals surface area contributed by atoms with Crippen LogP contribution < -0.4 is 15.8 Å². The summed E-state index contributed by atoms with van der Waals surface area (Å²) in [7, 11) is 1.60. The molecule has 3 aromatic rings. The van der Waals surface area contributed by atoms with Crippen molar-refractivity contribution in [2.45, 2.75) is 0 Å². The quantitative estimate of drug-likeness (QED) is 0.645. The van der Waals surface area contributed by atoms with E-state index in [2.05, 4.69) is 10.3 Å². The molecule has 0 aliphatic heterocycles. The number of anilines is 2. The lowest BCUT2D eigenvalue weighted by Gasteiger charge is -2.05. The molecule has 0 radical (unpaired) electrons. The summed E-state index contributed by atoms with van der Waals surface area (Å²) in [6.07, 6.45) is 1.68. The number of fused-ring (bicyclic) bond motifs is 1. The van der Waals surface area contributed by atoms with E-state index in [1.165, 1.54) is 0 Å². The first-order valence-corrected chi connectivity index (χ1v) is 6.49. The van der Waals surface area contributed by atoms with Crippen molar-refractivity contribution in [3.05, 3.63) is 54.2 Å². The van der Waals surface area contributed by atoms with E-state index in [0.29, 0.717) is 16.9 Å². The fourth-order valence-corrected chi connectivity index (χ4v) is 2.20. The number of carbonyl (C=O) groups is 1. The van der Waals surface area contributed by atoms with E-state index < -0.39 is 0 Å². The maximum Gasteiger partial charge on any atom is 0.257 e. The zero-order valence-electron chi connectivity index (χ0n) is 11.5. The predicted octanol–water partition coefficient (Wildman–Crippen LogP) is 3.01. The van der Waals surface area contributed by atoms with E-state index >= 15 is 0 Å². The SMILES string of the molecule is COc1ccc(NC(=O)c2c[nH]c3cc(N)ccc23)cc1. The van der Waals surface area contributed by atoms with Crippen LogP contribution in [0.1, 0.15) is 10.4 Å². The molecule has 1 aromatic heterocycles. The number of hydrogen-bond acceptors (Lipinski definition) is 3. The Morgan fingerprint density at radius 1 is 1.19 bits per heavy atom. The summed E-state index contributed by atoms with van der Waals surface area (Å²) < 4.78 is 5.09. The van der Waals surface area contributed by atoms with Crippen molar-refractivity contribution in [3.63, 3.8) is 0 Å². The van der Waals surface area contributed by atoms with Gasteiger partial charge in [-0.1, -0.05) is 0 Å². The molecule has 0 bridgehead atoms. The van der Waals surface area contributed by atoms with Crippen molar-refractivity contribution < 1.29 is 9.53 Å². The van der Waals surface area contributed by atoms with Gasteiger partial charge in [-0.2, -0.15) is 0 Å². The molecule has 2 aromatic carbocycles. The topological polar surface area (TPSA) is 80.1 Å². The molecular formula is C16H15N3O2. The number of benzene rings is 2. The molecule has 106 valence electrons. The van der Waals surface area contributed by atoms with E-state index in [9.17, 15) is 4.79 Å². The average molecular weight is 281 g/mol. The van der Waals surface area contributed by atoms with E-state index in [1.54, 1.807) is 49.7 Å². The van der Waals surface area contributed by atoms with Crippen LogP contribution in [0.4, 0.5) is 11.4 Å². The summed E-state index contributed by atoms with van der Waals surface area (Å²) in [5, 5.41) is 3.70. The number of nitrogens with one attached hydrogen (secondary N) is 2. The minimum atomic E-state index is -0.170. The van der Waals surface area contributed by atoms with Crippen LogP contribution in [0.3, 0.4) is 0 Å². The van der Waals surface area contributed by atoms with Crippen molar-refractivity contribution in [2.75, 3.05) is 18.2 Å². The average Bonchev–Trinajstić information content (AvgIpc) is 2.91. The number of rotatable bonds is 3. The van der Waals surface area contributed by atoms with Gasteiger partial charge in [0, 0.05) is 28.5 Å². The number of nitrogens with two attached hydrogens (primary N) is 1. The maximum atomic E-state index is 12.3. The van der Waals surface area contributed by atoms with E-state index in [0.717, 1.165) is 16.7 Å². The number of aromatic nitrogens is 1. The Balaban J connectivity index is 1.86. The van der Waals surface area contributed by atoms with Gasteiger partial charge in [0.15, 0.2) is 0 Å². The number of ether oxygens (including phenoxy) is 1. The van der Waals surface area contributed by atoms with Gasteiger partial charge in [-0.25, -0.2) is 0 Å². The molecule has 5 heteroatoms. The van der Waals surface area contributed by atoms with Gasteiger partial charge in [0.2, 0.25) is 0 Å². The Kier molecular flexibility index (Phi) is 3.23. The van der Waals surface area contributed by atoms with Crippen LogP contribution in [0.25, 0.3) is 10.9 Å². The van der Waals surface area contributed by atoms with Crippen molar-refractivity contribution in [1.29, 1.82) is 0 Å². The van der Waals surface area contributed by atoms with Crippen LogP contribution in [0, 0.1) is 0 Å². The second-order valence-corrected chi connectivity index (χ2v) is 4.69. The molecule has 0 saturated heterocycles. The minimum Gasteiger partial charge on any atom is -0.497 e. The van der Waals surface area contributed by atoms with Gasteiger partial charge < -0.3 is 20.8 Å². The van der Waals surface area contributed by atoms with Crippen LogP contribution >= 0.6 is 0 Å². The molecule has 0 saturated carbocycles. The lowest BCUT2D eigenvalue weighted by Crippen LogP contribution is -2.11. The monoisotopic (exact) mass is 281 g/mol. The van der Waals surface area contributed by atoms with Crippen LogP contribution in [0.15, 0.2) is 48.7 Å². The Labute approximate surface area is 121 Å². The molecule has 0 unspecified atom stereocenters. The fraction of sp³-hybridized carbons (Fsp3) is 0.0625. The van der Waals surface area contributed by atoms with E-state index in [1.807, 2.05) is 6.07 Å². The van der Waals surface area contributed by atoms with Gasteiger partial charge in [-0.15, -0.1) is 0 Å². The number of carbonyl (C=O) groups excluding carboxylic acids is 1. The normalized spacial score (nSPS) is 10.5. The summed E-state index contributed by atoms with van der Waals surface area (Å²) in [6, 6.07) is 12.6. The predicted molar refractivity (Wildman–Crippen MR) is 83.7 cm³/mol. The minimum absolute atomic E-state index is 0.170. The Bertz CT molecular complexity index is 791. The van der Waals surface area contributed by atoms with Crippen LogP contribution in [0.5, 0.6) is 5.75 Å². The lowest BCUT2D eigenvalue weighted by molar-refractivity contribution is 0.102. The number of amides is 1. The molecular weight excluding hydrogens is 266 g/mol. The third kappa shape index (κ3) is 2.53. The van der Waals surface area contributed by atoms with Crippen LogP contribution in [-0.4, -0.2) is 18.0 Å². The van der Waals surface area contributed by atoms with E-state index in [4.69, 9.17) is 10.5 Å². The molecule has 5 nitrogen and oxygen atoms in total. The molecule has 1 heterocycles. The number of hydrogen-bond donors (Lipinski definition) is 3. The lowest BCUT2D eigenvalue weighted by atomic mass is 10.1. The molecule has 0 aliphatic rings. The highest BCUT2D eigenvalue weighted by Gasteiger charge is 2.12. The fourth-order valence-electron chi connectivity index (χ4n) is 2.20. The van der Waals surface area contributed by atoms with Crippen LogP contribution in [-0.2, 0) is 0 Å². The first-order valence-electron chi connectivity index (χ1n) is 6.49. The second-order valence-electron chi connectivity index (χ2n) is 4.69. The first kappa shape index (κ1) is 13.1. The standard InChI is InChI=1S/C16H15N3O2/c1-21-12-5-3-11(4-6-12)19-16(20)14-9-18-15-8-10(17)2-7-13(14)15/h2-9,18H,17H2,1H3,(H,19,20). The smallest absolute Gasteiger partial charge is 0.257 e. The highest BCUT2D eigenvalue weighted by molar-refractivity contribution is 6.13. The number of aromatic amines is 1. The van der Waals surface area contributed by atoms with Crippen molar-refractivity contribution in [2.24, 2.45) is 0 Å². The number of H-pyrrole nitrogens is 1. The Hall–Kier alpha value is -2.95. The van der Waals surface area contributed by atoms with Crippen molar-refractivity contribution >= 4 is 28.2 Å². The third-order valence-corrected chi connectivity index (χ3v) is 3.30. The van der Waals surface area contributed by atoms with Crippen molar-refractivity contribution in [1.82, 2.24) is 4.98 Å². The van der Waals surface area contributed by atoms with Gasteiger partial charge in [-0.3, -0.25) is 4.79 Å². The van der Waals surface area contributed by atoms with E-state index in [-0.39, 0.29) is 5.91 Å². The Morgan fingerprint density at radius 3 is 2.67 bits per heavy atom. The molecule has 0 spiro atoms. The molecule has 0 aliphatic carbocycles. The molecule has 3 rings (SSSR count). The molecule has 21 heavy (non-hydrogen) atoms. The van der Waals surface area contributed by atoms with Gasteiger partial charge in [0.05, 0.1) is 12.7 Å². The third-order valence-electron chi connectivity index (χ3n) is 3.30. The molecule has 1 amide bonds. The van der Waals surface area contributed by atoms with Crippen LogP contribution in [0.2, 0.25) is 0 Å². The van der Waals surface area contributed by atoms with Gasteiger partial charge in [0.1, 0.15) is 5.75 Å². The summed E-state index contributed by atoms with van der Waals surface area (Å²) in [4.78, 5) is 15.4. The van der Waals surface area contributed by atoms with Gasteiger partial charge >= 0.3 is 0 Å². The highest BCUT2D eigenvalue weighted by Crippen LogP contribution is 2.22. The molecule has 0 atom stereocenters.